The second-order valence-corrected chi connectivity index (χ2v) is 6.54. The van der Waals surface area contributed by atoms with E-state index in [9.17, 15) is 14.3 Å². The highest BCUT2D eigenvalue weighted by molar-refractivity contribution is 6.30. The predicted molar refractivity (Wildman–Crippen MR) is 96.1 cm³/mol. The lowest BCUT2D eigenvalue weighted by Crippen LogP contribution is -2.23. The molecule has 144 valence electrons. The van der Waals surface area contributed by atoms with Gasteiger partial charge in [-0.3, -0.25) is 14.0 Å². The first kappa shape index (κ1) is 18.2. The van der Waals surface area contributed by atoms with Crippen molar-refractivity contribution in [1.82, 2.24) is 39.5 Å². The van der Waals surface area contributed by atoms with Crippen molar-refractivity contribution in [3.63, 3.8) is 0 Å². The summed E-state index contributed by atoms with van der Waals surface area (Å²) in [5.74, 6) is -0.359. The third kappa shape index (κ3) is 3.37. The van der Waals surface area contributed by atoms with E-state index in [2.05, 4.69) is 25.5 Å². The molecule has 10 nitrogen and oxygen atoms in total. The summed E-state index contributed by atoms with van der Waals surface area (Å²) >= 11 is 5.64. The van der Waals surface area contributed by atoms with Crippen molar-refractivity contribution < 1.29 is 9.50 Å². The SMILES string of the molecule is Cn1ncc2ncn(Cc3nnn(CC(O)c4ccc(Cl)c(F)c4)n3)c(=O)c21. The molecule has 0 fully saturated rings. The van der Waals surface area contributed by atoms with Crippen LogP contribution < -0.4 is 5.56 Å². The molecule has 0 aliphatic heterocycles. The van der Waals surface area contributed by atoms with Crippen LogP contribution in [0.5, 0.6) is 0 Å². The van der Waals surface area contributed by atoms with Gasteiger partial charge in [-0.2, -0.15) is 9.90 Å². The average molecular weight is 405 g/mol. The highest BCUT2D eigenvalue weighted by Gasteiger charge is 2.15. The Morgan fingerprint density at radius 3 is 2.96 bits per heavy atom. The number of rotatable bonds is 5. The monoisotopic (exact) mass is 404 g/mol. The molecule has 1 N–H and O–H groups in total. The maximum Gasteiger partial charge on any atom is 0.279 e. The number of hydrogen-bond acceptors (Lipinski definition) is 7. The molecular weight excluding hydrogens is 391 g/mol. The van der Waals surface area contributed by atoms with E-state index in [1.54, 1.807) is 7.05 Å². The van der Waals surface area contributed by atoms with Gasteiger partial charge in [0.25, 0.3) is 5.56 Å². The molecule has 4 aromatic rings. The van der Waals surface area contributed by atoms with E-state index in [1.807, 2.05) is 0 Å². The first-order valence-electron chi connectivity index (χ1n) is 8.19. The van der Waals surface area contributed by atoms with E-state index >= 15 is 0 Å². The molecule has 3 aromatic heterocycles. The van der Waals surface area contributed by atoms with Gasteiger partial charge >= 0.3 is 0 Å². The second kappa shape index (κ2) is 7.09. The molecule has 12 heteroatoms. The van der Waals surface area contributed by atoms with Crippen LogP contribution in [0.4, 0.5) is 4.39 Å². The lowest BCUT2D eigenvalue weighted by molar-refractivity contribution is 0.144. The van der Waals surface area contributed by atoms with Crippen molar-refractivity contribution in [3.8, 4) is 0 Å². The molecule has 0 saturated carbocycles. The number of aromatic nitrogens is 8. The minimum Gasteiger partial charge on any atom is -0.386 e. The molecule has 28 heavy (non-hydrogen) atoms. The van der Waals surface area contributed by atoms with Crippen LogP contribution in [-0.4, -0.2) is 44.6 Å². The van der Waals surface area contributed by atoms with Crippen molar-refractivity contribution >= 4 is 22.6 Å². The Morgan fingerprint density at radius 1 is 1.36 bits per heavy atom. The molecule has 3 heterocycles. The molecule has 0 spiro atoms. The standard InChI is InChI=1S/C16H14ClFN8O2/c1-24-15-12(5-20-24)19-8-25(16(15)28)7-14-21-23-26(22-14)6-13(27)9-2-3-10(17)11(18)4-9/h2-5,8,13,27H,6-7H2,1H3. The Kier molecular flexibility index (Phi) is 4.61. The van der Waals surface area contributed by atoms with Gasteiger partial charge in [-0.05, 0) is 22.9 Å². The fraction of sp³-hybridized carbons (Fsp3) is 0.250. The molecule has 4 rings (SSSR count). The zero-order valence-electron chi connectivity index (χ0n) is 14.6. The minimum atomic E-state index is -1.05. The van der Waals surface area contributed by atoms with Gasteiger partial charge in [0.05, 0.1) is 30.6 Å². The van der Waals surface area contributed by atoms with Gasteiger partial charge in [-0.1, -0.05) is 17.7 Å². The number of fused-ring (bicyclic) bond motifs is 1. The zero-order chi connectivity index (χ0) is 19.8. The molecule has 0 saturated heterocycles. The highest BCUT2D eigenvalue weighted by atomic mass is 35.5. The fourth-order valence-corrected chi connectivity index (χ4v) is 2.87. The molecule has 1 atom stereocenters. The predicted octanol–water partition coefficient (Wildman–Crippen LogP) is 0.691. The Bertz CT molecular complexity index is 1220. The second-order valence-electron chi connectivity index (χ2n) is 6.13. The normalized spacial score (nSPS) is 12.6. The van der Waals surface area contributed by atoms with Crippen molar-refractivity contribution in [1.29, 1.82) is 0 Å². The van der Waals surface area contributed by atoms with E-state index in [4.69, 9.17) is 11.6 Å². The summed E-state index contributed by atoms with van der Waals surface area (Å²) in [7, 11) is 1.66. The van der Waals surface area contributed by atoms with E-state index in [0.717, 1.165) is 6.07 Å². The van der Waals surface area contributed by atoms with Crippen molar-refractivity contribution in [2.45, 2.75) is 19.2 Å². The smallest absolute Gasteiger partial charge is 0.279 e. The summed E-state index contributed by atoms with van der Waals surface area (Å²) in [6, 6.07) is 4.03. The third-order valence-corrected chi connectivity index (χ3v) is 4.50. The number of benzene rings is 1. The van der Waals surface area contributed by atoms with Crippen LogP contribution in [0.25, 0.3) is 11.0 Å². The van der Waals surface area contributed by atoms with Crippen LogP contribution in [0.2, 0.25) is 5.02 Å². The van der Waals surface area contributed by atoms with Gasteiger partial charge in [0, 0.05) is 7.05 Å². The van der Waals surface area contributed by atoms with Crippen LogP contribution in [0, 0.1) is 5.82 Å². The summed E-state index contributed by atoms with van der Waals surface area (Å²) < 4.78 is 16.3. The number of nitrogens with zero attached hydrogens (tertiary/aromatic N) is 8. The summed E-state index contributed by atoms with van der Waals surface area (Å²) in [5.41, 5.74) is 0.926. The van der Waals surface area contributed by atoms with E-state index in [1.165, 1.54) is 38.7 Å². The lowest BCUT2D eigenvalue weighted by Gasteiger charge is -2.10. The van der Waals surface area contributed by atoms with Gasteiger partial charge in [-0.15, -0.1) is 10.2 Å². The van der Waals surface area contributed by atoms with E-state index < -0.39 is 11.9 Å². The van der Waals surface area contributed by atoms with Crippen LogP contribution in [0.15, 0.2) is 35.5 Å². The molecule has 1 unspecified atom stereocenters. The van der Waals surface area contributed by atoms with Gasteiger partial charge in [0.15, 0.2) is 11.3 Å². The van der Waals surface area contributed by atoms with Crippen LogP contribution in [0.1, 0.15) is 17.5 Å². The zero-order valence-corrected chi connectivity index (χ0v) is 15.3. The summed E-state index contributed by atoms with van der Waals surface area (Å²) in [6.45, 7) is 0.0145. The molecule has 0 bridgehead atoms. The number of aliphatic hydroxyl groups excluding tert-OH is 1. The van der Waals surface area contributed by atoms with Crippen LogP contribution >= 0.6 is 11.6 Å². The number of aryl methyl sites for hydroxylation is 1. The number of hydrogen-bond donors (Lipinski definition) is 1. The Labute approximate surface area is 161 Å². The Balaban J connectivity index is 1.52. The first-order chi connectivity index (χ1) is 13.4. The molecule has 0 aliphatic carbocycles. The van der Waals surface area contributed by atoms with E-state index in [0.29, 0.717) is 16.6 Å². The molecule has 0 aliphatic rings. The Morgan fingerprint density at radius 2 is 2.18 bits per heavy atom. The highest BCUT2D eigenvalue weighted by Crippen LogP contribution is 2.21. The largest absolute Gasteiger partial charge is 0.386 e. The summed E-state index contributed by atoms with van der Waals surface area (Å²) in [4.78, 5) is 17.9. The summed E-state index contributed by atoms with van der Waals surface area (Å²) in [6.07, 6.45) is 1.85. The molecule has 0 radical (unpaired) electrons. The van der Waals surface area contributed by atoms with Crippen molar-refractivity contribution in [3.05, 3.63) is 63.3 Å². The van der Waals surface area contributed by atoms with Gasteiger partial charge in [0.2, 0.25) is 0 Å². The number of tetrazole rings is 1. The van der Waals surface area contributed by atoms with Gasteiger partial charge in [-0.25, -0.2) is 9.37 Å². The van der Waals surface area contributed by atoms with Crippen molar-refractivity contribution in [2.24, 2.45) is 7.05 Å². The molecular formula is C16H14ClFN8O2. The van der Waals surface area contributed by atoms with Crippen molar-refractivity contribution in [2.75, 3.05) is 0 Å². The molecule has 1 aromatic carbocycles. The quantitative estimate of drug-likeness (QED) is 0.520. The first-order valence-corrected chi connectivity index (χ1v) is 8.57. The Hall–Kier alpha value is -3.18. The topological polar surface area (TPSA) is 117 Å². The van der Waals surface area contributed by atoms with Crippen LogP contribution in [-0.2, 0) is 20.1 Å². The minimum absolute atomic E-state index is 0.0263. The fourth-order valence-electron chi connectivity index (χ4n) is 2.75. The molecule has 0 amide bonds. The maximum atomic E-state index is 13.5. The van der Waals surface area contributed by atoms with Gasteiger partial charge in [0.1, 0.15) is 17.4 Å². The van der Waals surface area contributed by atoms with Gasteiger partial charge < -0.3 is 5.11 Å². The number of halogens is 2. The van der Waals surface area contributed by atoms with Crippen LogP contribution in [0.3, 0.4) is 0 Å². The average Bonchev–Trinajstić information content (AvgIpc) is 3.26. The maximum absolute atomic E-state index is 13.5. The third-order valence-electron chi connectivity index (χ3n) is 4.19. The number of aliphatic hydroxyl groups is 1. The lowest BCUT2D eigenvalue weighted by atomic mass is 10.1. The van der Waals surface area contributed by atoms with E-state index in [-0.39, 0.29) is 29.5 Å². The summed E-state index contributed by atoms with van der Waals surface area (Å²) in [5, 5.41) is 26.1.